The van der Waals surface area contributed by atoms with E-state index < -0.39 is 5.41 Å². The first-order valence-electron chi connectivity index (χ1n) is 8.99. The van der Waals surface area contributed by atoms with Gasteiger partial charge in [-0.1, -0.05) is 35.9 Å². The Morgan fingerprint density at radius 3 is 2.69 bits per heavy atom. The summed E-state index contributed by atoms with van der Waals surface area (Å²) in [6, 6.07) is 15.7. The zero-order chi connectivity index (χ0) is 18.4. The summed E-state index contributed by atoms with van der Waals surface area (Å²) in [5, 5.41) is 3.00. The minimum atomic E-state index is -0.545. The summed E-state index contributed by atoms with van der Waals surface area (Å²) in [6.07, 6.45) is 1.30. The average Bonchev–Trinajstić information content (AvgIpc) is 2.67. The molecule has 1 aliphatic heterocycles. The Labute approximate surface area is 154 Å². The summed E-state index contributed by atoms with van der Waals surface area (Å²) < 4.78 is 11.2. The lowest BCUT2D eigenvalue weighted by atomic mass is 9.79. The predicted octanol–water partition coefficient (Wildman–Crippen LogP) is 3.27. The number of ether oxygens (including phenoxy) is 2. The number of nitrogens with one attached hydrogen (secondary N) is 1. The van der Waals surface area contributed by atoms with Crippen LogP contribution < -0.4 is 15.8 Å². The monoisotopic (exact) mass is 354 g/mol. The molecule has 1 fully saturated rings. The molecule has 0 unspecified atom stereocenters. The molecule has 0 radical (unpaired) electrons. The van der Waals surface area contributed by atoms with E-state index in [9.17, 15) is 4.79 Å². The lowest BCUT2D eigenvalue weighted by molar-refractivity contribution is -0.130. The molecule has 0 aromatic heterocycles. The van der Waals surface area contributed by atoms with Crippen molar-refractivity contribution in [3.05, 3.63) is 59.7 Å². The van der Waals surface area contributed by atoms with Gasteiger partial charge in [-0.05, 0) is 37.5 Å². The van der Waals surface area contributed by atoms with Gasteiger partial charge in [0, 0.05) is 31.5 Å². The van der Waals surface area contributed by atoms with Gasteiger partial charge in [-0.25, -0.2) is 0 Å². The van der Waals surface area contributed by atoms with E-state index in [-0.39, 0.29) is 5.91 Å². The van der Waals surface area contributed by atoms with E-state index in [4.69, 9.17) is 15.2 Å². The highest BCUT2D eigenvalue weighted by atomic mass is 16.5. The van der Waals surface area contributed by atoms with Crippen LogP contribution in [0.3, 0.4) is 0 Å². The molecule has 0 bridgehead atoms. The van der Waals surface area contributed by atoms with E-state index in [1.807, 2.05) is 36.4 Å². The van der Waals surface area contributed by atoms with Crippen molar-refractivity contribution >= 4 is 11.6 Å². The number of carbonyl (C=O) groups is 1. The third kappa shape index (κ3) is 4.42. The lowest BCUT2D eigenvalue weighted by Gasteiger charge is -2.34. The van der Waals surface area contributed by atoms with Crippen molar-refractivity contribution in [1.82, 2.24) is 0 Å². The van der Waals surface area contributed by atoms with Gasteiger partial charge in [0.25, 0.3) is 0 Å². The SMILES string of the molecule is Cc1cccc(COc2cccc(NC(=O)C3(CN)CCOCC3)c2)c1. The fourth-order valence-electron chi connectivity index (χ4n) is 3.18. The Morgan fingerprint density at radius 1 is 1.19 bits per heavy atom. The first kappa shape index (κ1) is 18.4. The highest BCUT2D eigenvalue weighted by Gasteiger charge is 2.38. The number of carbonyl (C=O) groups excluding carboxylic acids is 1. The van der Waals surface area contributed by atoms with Crippen LogP contribution in [-0.4, -0.2) is 25.7 Å². The van der Waals surface area contributed by atoms with Gasteiger partial charge in [-0.15, -0.1) is 0 Å². The van der Waals surface area contributed by atoms with E-state index in [1.165, 1.54) is 5.56 Å². The number of benzene rings is 2. The van der Waals surface area contributed by atoms with Gasteiger partial charge in [0.05, 0.1) is 5.41 Å². The van der Waals surface area contributed by atoms with Gasteiger partial charge < -0.3 is 20.5 Å². The van der Waals surface area contributed by atoms with Crippen LogP contribution in [0.2, 0.25) is 0 Å². The van der Waals surface area contributed by atoms with Crippen LogP contribution in [0.25, 0.3) is 0 Å². The average molecular weight is 354 g/mol. The molecule has 3 N–H and O–H groups in total. The molecule has 1 heterocycles. The number of amides is 1. The van der Waals surface area contributed by atoms with E-state index in [2.05, 4.69) is 24.4 Å². The van der Waals surface area contributed by atoms with E-state index in [1.54, 1.807) is 0 Å². The van der Waals surface area contributed by atoms with Crippen LogP contribution in [-0.2, 0) is 16.1 Å². The smallest absolute Gasteiger partial charge is 0.232 e. The molecule has 0 spiro atoms. The fraction of sp³-hybridized carbons (Fsp3) is 0.381. The fourth-order valence-corrected chi connectivity index (χ4v) is 3.18. The number of nitrogens with two attached hydrogens (primary N) is 1. The molecule has 1 amide bonds. The predicted molar refractivity (Wildman–Crippen MR) is 102 cm³/mol. The van der Waals surface area contributed by atoms with Crippen molar-refractivity contribution in [3.63, 3.8) is 0 Å². The molecule has 1 aliphatic rings. The first-order valence-corrected chi connectivity index (χ1v) is 8.99. The molecule has 2 aromatic rings. The molecule has 26 heavy (non-hydrogen) atoms. The van der Waals surface area contributed by atoms with Crippen LogP contribution in [0, 0.1) is 12.3 Å². The third-order valence-electron chi connectivity index (χ3n) is 4.90. The zero-order valence-corrected chi connectivity index (χ0v) is 15.2. The summed E-state index contributed by atoms with van der Waals surface area (Å²) in [6.45, 7) is 4.02. The Morgan fingerprint density at radius 2 is 1.96 bits per heavy atom. The highest BCUT2D eigenvalue weighted by molar-refractivity contribution is 5.95. The van der Waals surface area contributed by atoms with Gasteiger partial charge in [0.2, 0.25) is 5.91 Å². The highest BCUT2D eigenvalue weighted by Crippen LogP contribution is 2.31. The molecule has 138 valence electrons. The molecule has 5 nitrogen and oxygen atoms in total. The summed E-state index contributed by atoms with van der Waals surface area (Å²) >= 11 is 0. The van der Waals surface area contributed by atoms with E-state index in [0.29, 0.717) is 39.2 Å². The third-order valence-corrected chi connectivity index (χ3v) is 4.90. The molecule has 5 heteroatoms. The standard InChI is InChI=1S/C21H26N2O3/c1-16-4-2-5-17(12-16)14-26-19-7-3-6-18(13-19)23-20(24)21(15-22)8-10-25-11-9-21/h2-7,12-13H,8-11,14-15,22H2,1H3,(H,23,24). The molecule has 1 saturated heterocycles. The molecule has 3 rings (SSSR count). The molecule has 0 saturated carbocycles. The summed E-state index contributed by atoms with van der Waals surface area (Å²) in [7, 11) is 0. The van der Waals surface area contributed by atoms with Crippen LogP contribution in [0.5, 0.6) is 5.75 Å². The van der Waals surface area contributed by atoms with Crippen LogP contribution >= 0.6 is 0 Å². The van der Waals surface area contributed by atoms with Crippen molar-refractivity contribution in [2.24, 2.45) is 11.1 Å². The maximum Gasteiger partial charge on any atom is 0.232 e. The number of anilines is 1. The zero-order valence-electron chi connectivity index (χ0n) is 15.2. The molecule has 0 aliphatic carbocycles. The van der Waals surface area contributed by atoms with Gasteiger partial charge in [0.15, 0.2) is 0 Å². The number of aryl methyl sites for hydroxylation is 1. The van der Waals surface area contributed by atoms with Crippen molar-refractivity contribution in [3.8, 4) is 5.75 Å². The molecular formula is C21H26N2O3. The summed E-state index contributed by atoms with van der Waals surface area (Å²) in [4.78, 5) is 12.8. The van der Waals surface area contributed by atoms with Gasteiger partial charge in [0.1, 0.15) is 12.4 Å². The lowest BCUT2D eigenvalue weighted by Crippen LogP contribution is -2.46. The van der Waals surface area contributed by atoms with E-state index in [0.717, 1.165) is 17.0 Å². The normalized spacial score (nSPS) is 16.1. The Hall–Kier alpha value is -2.37. The second kappa shape index (κ2) is 8.34. The molecule has 2 aromatic carbocycles. The van der Waals surface area contributed by atoms with Crippen molar-refractivity contribution in [2.75, 3.05) is 25.1 Å². The van der Waals surface area contributed by atoms with Crippen molar-refractivity contribution < 1.29 is 14.3 Å². The van der Waals surface area contributed by atoms with Gasteiger partial charge in [-0.2, -0.15) is 0 Å². The topological polar surface area (TPSA) is 73.6 Å². The maximum atomic E-state index is 12.8. The minimum absolute atomic E-state index is 0.0425. The maximum absolute atomic E-state index is 12.8. The summed E-state index contributed by atoms with van der Waals surface area (Å²) in [5.41, 5.74) is 8.40. The second-order valence-electron chi connectivity index (χ2n) is 6.86. The number of hydrogen-bond acceptors (Lipinski definition) is 4. The van der Waals surface area contributed by atoms with Crippen LogP contribution in [0.15, 0.2) is 48.5 Å². The molecular weight excluding hydrogens is 328 g/mol. The minimum Gasteiger partial charge on any atom is -0.489 e. The van der Waals surface area contributed by atoms with Gasteiger partial charge >= 0.3 is 0 Å². The van der Waals surface area contributed by atoms with E-state index >= 15 is 0 Å². The Balaban J connectivity index is 1.64. The summed E-state index contributed by atoms with van der Waals surface area (Å²) in [5.74, 6) is 0.678. The van der Waals surface area contributed by atoms with Gasteiger partial charge in [-0.3, -0.25) is 4.79 Å². The van der Waals surface area contributed by atoms with Crippen LogP contribution in [0.1, 0.15) is 24.0 Å². The number of hydrogen-bond donors (Lipinski definition) is 2. The quantitative estimate of drug-likeness (QED) is 0.835. The second-order valence-corrected chi connectivity index (χ2v) is 6.86. The van der Waals surface area contributed by atoms with Crippen molar-refractivity contribution in [2.45, 2.75) is 26.4 Å². The van der Waals surface area contributed by atoms with Crippen LogP contribution in [0.4, 0.5) is 5.69 Å². The first-order chi connectivity index (χ1) is 12.6. The number of rotatable bonds is 6. The molecule has 0 atom stereocenters. The largest absolute Gasteiger partial charge is 0.489 e. The Bertz CT molecular complexity index is 754. The van der Waals surface area contributed by atoms with Crippen molar-refractivity contribution in [1.29, 1.82) is 0 Å². The Kier molecular flexibility index (Phi) is 5.91.